The normalized spacial score (nSPS) is 10.1. The molecule has 2 rings (SSSR count). The third kappa shape index (κ3) is 3.29. The van der Waals surface area contributed by atoms with E-state index in [0.29, 0.717) is 18.0 Å². The van der Waals surface area contributed by atoms with Gasteiger partial charge in [0.2, 0.25) is 0 Å². The predicted octanol–water partition coefficient (Wildman–Crippen LogP) is 3.46. The van der Waals surface area contributed by atoms with Crippen molar-refractivity contribution in [3.05, 3.63) is 51.6 Å². The van der Waals surface area contributed by atoms with Gasteiger partial charge in [-0.2, -0.15) is 0 Å². The number of methoxy groups -OCH3 is 1. The number of nitrogens with two attached hydrogens (primary N) is 1. The zero-order valence-corrected chi connectivity index (χ0v) is 12.2. The molecule has 0 aliphatic rings. The van der Waals surface area contributed by atoms with E-state index >= 15 is 0 Å². The van der Waals surface area contributed by atoms with E-state index in [2.05, 4.69) is 22.6 Å². The molecular weight excluding hydrogens is 341 g/mol. The van der Waals surface area contributed by atoms with Gasteiger partial charge in [0.25, 0.3) is 0 Å². The number of nitrogen functional groups attached to an aromatic ring is 1. The van der Waals surface area contributed by atoms with Crippen LogP contribution in [0.3, 0.4) is 0 Å². The topological polar surface area (TPSA) is 44.5 Å². The van der Waals surface area contributed by atoms with Gasteiger partial charge in [0.05, 0.1) is 12.8 Å². The molecule has 0 aliphatic carbocycles. The lowest BCUT2D eigenvalue weighted by Gasteiger charge is -2.09. The lowest BCUT2D eigenvalue weighted by molar-refractivity contribution is 0.307. The molecule has 94 valence electrons. The molecule has 0 saturated carbocycles. The SMILES string of the molecule is COc1ccc(COc2ccc(I)cc2N)cc1. The summed E-state index contributed by atoms with van der Waals surface area (Å²) in [5, 5.41) is 0. The largest absolute Gasteiger partial charge is 0.497 e. The first kappa shape index (κ1) is 13.0. The van der Waals surface area contributed by atoms with E-state index in [4.69, 9.17) is 15.2 Å². The van der Waals surface area contributed by atoms with Crippen molar-refractivity contribution >= 4 is 28.3 Å². The molecule has 0 amide bonds. The second kappa shape index (κ2) is 5.95. The molecule has 3 nitrogen and oxygen atoms in total. The number of hydrogen-bond acceptors (Lipinski definition) is 3. The Hall–Kier alpha value is -1.43. The van der Waals surface area contributed by atoms with Crippen molar-refractivity contribution in [1.29, 1.82) is 0 Å². The Morgan fingerprint density at radius 2 is 1.83 bits per heavy atom. The van der Waals surface area contributed by atoms with Gasteiger partial charge in [0.15, 0.2) is 0 Å². The standard InChI is InChI=1S/C14H14INO2/c1-17-12-5-2-10(3-6-12)9-18-14-7-4-11(15)8-13(14)16/h2-8H,9,16H2,1H3. The molecule has 0 unspecified atom stereocenters. The molecule has 0 spiro atoms. The highest BCUT2D eigenvalue weighted by Crippen LogP contribution is 2.24. The average molecular weight is 355 g/mol. The van der Waals surface area contributed by atoms with Crippen molar-refractivity contribution in [2.24, 2.45) is 0 Å². The van der Waals surface area contributed by atoms with Crippen LogP contribution in [0, 0.1) is 3.57 Å². The van der Waals surface area contributed by atoms with Gasteiger partial charge in [0, 0.05) is 3.57 Å². The molecule has 0 aromatic heterocycles. The summed E-state index contributed by atoms with van der Waals surface area (Å²) in [6.45, 7) is 0.495. The van der Waals surface area contributed by atoms with Gasteiger partial charge in [-0.25, -0.2) is 0 Å². The van der Waals surface area contributed by atoms with Gasteiger partial charge in [0.1, 0.15) is 18.1 Å². The Labute approximate surface area is 120 Å². The number of benzene rings is 2. The fourth-order valence-corrected chi connectivity index (χ4v) is 2.05. The molecule has 0 fully saturated rings. The highest BCUT2D eigenvalue weighted by Gasteiger charge is 2.01. The summed E-state index contributed by atoms with van der Waals surface area (Å²) in [6.07, 6.45) is 0. The minimum Gasteiger partial charge on any atom is -0.497 e. The molecular formula is C14H14INO2. The molecule has 0 saturated heterocycles. The zero-order valence-electron chi connectivity index (χ0n) is 10.0. The molecule has 0 bridgehead atoms. The third-order valence-corrected chi connectivity index (χ3v) is 3.20. The second-order valence-electron chi connectivity index (χ2n) is 3.82. The summed E-state index contributed by atoms with van der Waals surface area (Å²) in [5.74, 6) is 1.55. The van der Waals surface area contributed by atoms with Crippen LogP contribution in [0.15, 0.2) is 42.5 Å². The summed E-state index contributed by atoms with van der Waals surface area (Å²) < 4.78 is 11.9. The fourth-order valence-electron chi connectivity index (χ4n) is 1.53. The van der Waals surface area contributed by atoms with E-state index in [0.717, 1.165) is 14.9 Å². The van der Waals surface area contributed by atoms with E-state index in [1.165, 1.54) is 0 Å². The van der Waals surface area contributed by atoms with Crippen LogP contribution in [0.5, 0.6) is 11.5 Å². The van der Waals surface area contributed by atoms with E-state index in [-0.39, 0.29) is 0 Å². The number of ether oxygens (including phenoxy) is 2. The van der Waals surface area contributed by atoms with Crippen molar-refractivity contribution < 1.29 is 9.47 Å². The summed E-state index contributed by atoms with van der Waals surface area (Å²) in [6, 6.07) is 13.5. The van der Waals surface area contributed by atoms with Gasteiger partial charge in [-0.1, -0.05) is 12.1 Å². The van der Waals surface area contributed by atoms with Crippen LogP contribution in [0.25, 0.3) is 0 Å². The van der Waals surface area contributed by atoms with Crippen LogP contribution in [0.4, 0.5) is 5.69 Å². The Kier molecular flexibility index (Phi) is 4.30. The molecule has 2 aromatic rings. The maximum Gasteiger partial charge on any atom is 0.142 e. The third-order valence-electron chi connectivity index (χ3n) is 2.53. The monoisotopic (exact) mass is 355 g/mol. The van der Waals surface area contributed by atoms with Crippen molar-refractivity contribution in [3.63, 3.8) is 0 Å². The van der Waals surface area contributed by atoms with Crippen molar-refractivity contribution in [2.75, 3.05) is 12.8 Å². The van der Waals surface area contributed by atoms with Crippen LogP contribution in [-0.4, -0.2) is 7.11 Å². The van der Waals surface area contributed by atoms with Gasteiger partial charge in [-0.3, -0.25) is 0 Å². The summed E-state index contributed by atoms with van der Waals surface area (Å²) >= 11 is 2.22. The fraction of sp³-hybridized carbons (Fsp3) is 0.143. The van der Waals surface area contributed by atoms with E-state index in [1.54, 1.807) is 7.11 Å². The Morgan fingerprint density at radius 1 is 1.11 bits per heavy atom. The van der Waals surface area contributed by atoms with Crippen LogP contribution in [-0.2, 0) is 6.61 Å². The smallest absolute Gasteiger partial charge is 0.142 e. The maximum atomic E-state index is 5.88. The summed E-state index contributed by atoms with van der Waals surface area (Å²) in [7, 11) is 1.65. The quantitative estimate of drug-likeness (QED) is 0.675. The highest BCUT2D eigenvalue weighted by atomic mass is 127. The number of hydrogen-bond donors (Lipinski definition) is 1. The summed E-state index contributed by atoms with van der Waals surface area (Å²) in [5.41, 5.74) is 7.62. The minimum atomic E-state index is 0.495. The average Bonchev–Trinajstić information content (AvgIpc) is 2.38. The van der Waals surface area contributed by atoms with Crippen LogP contribution in [0.1, 0.15) is 5.56 Å². The molecule has 2 aromatic carbocycles. The van der Waals surface area contributed by atoms with Crippen molar-refractivity contribution in [2.45, 2.75) is 6.61 Å². The van der Waals surface area contributed by atoms with Gasteiger partial charge >= 0.3 is 0 Å². The molecule has 0 heterocycles. The molecule has 0 aliphatic heterocycles. The number of halogens is 1. The predicted molar refractivity (Wildman–Crippen MR) is 80.9 cm³/mol. The minimum absolute atomic E-state index is 0.495. The maximum absolute atomic E-state index is 5.88. The lowest BCUT2D eigenvalue weighted by atomic mass is 10.2. The summed E-state index contributed by atoms with van der Waals surface area (Å²) in [4.78, 5) is 0. The van der Waals surface area contributed by atoms with Crippen LogP contribution >= 0.6 is 22.6 Å². The van der Waals surface area contributed by atoms with E-state index in [9.17, 15) is 0 Å². The number of rotatable bonds is 4. The first-order valence-electron chi connectivity index (χ1n) is 5.50. The van der Waals surface area contributed by atoms with E-state index in [1.807, 2.05) is 42.5 Å². The Morgan fingerprint density at radius 3 is 2.44 bits per heavy atom. The molecule has 18 heavy (non-hydrogen) atoms. The van der Waals surface area contributed by atoms with Crippen molar-refractivity contribution in [1.82, 2.24) is 0 Å². The van der Waals surface area contributed by atoms with Crippen molar-refractivity contribution in [3.8, 4) is 11.5 Å². The van der Waals surface area contributed by atoms with Crippen LogP contribution < -0.4 is 15.2 Å². The Balaban J connectivity index is 2.02. The Bertz CT molecular complexity index is 526. The van der Waals surface area contributed by atoms with Crippen LogP contribution in [0.2, 0.25) is 0 Å². The first-order chi connectivity index (χ1) is 8.69. The first-order valence-corrected chi connectivity index (χ1v) is 6.57. The lowest BCUT2D eigenvalue weighted by Crippen LogP contribution is -1.99. The number of anilines is 1. The molecule has 0 radical (unpaired) electrons. The molecule has 0 atom stereocenters. The molecule has 4 heteroatoms. The second-order valence-corrected chi connectivity index (χ2v) is 5.06. The van der Waals surface area contributed by atoms with Gasteiger partial charge < -0.3 is 15.2 Å². The molecule has 2 N–H and O–H groups in total. The van der Waals surface area contributed by atoms with Gasteiger partial charge in [-0.15, -0.1) is 0 Å². The highest BCUT2D eigenvalue weighted by molar-refractivity contribution is 14.1. The van der Waals surface area contributed by atoms with Gasteiger partial charge in [-0.05, 0) is 58.5 Å². The zero-order chi connectivity index (χ0) is 13.0. The van der Waals surface area contributed by atoms with E-state index < -0.39 is 0 Å².